The minimum Gasteiger partial charge on any atom is -0.341 e. The van der Waals surface area contributed by atoms with Gasteiger partial charge in [0.1, 0.15) is 0 Å². The second-order valence-electron chi connectivity index (χ2n) is 5.38. The molecule has 0 saturated carbocycles. The number of piperidine rings is 1. The normalized spacial score (nSPS) is 23.1. The van der Waals surface area contributed by atoms with Gasteiger partial charge in [0, 0.05) is 25.2 Å². The molecule has 2 heterocycles. The maximum Gasteiger partial charge on any atom is 0.224 e. The molecule has 2 aliphatic heterocycles. The second-order valence-corrected chi connectivity index (χ2v) is 6.31. The zero-order valence-electron chi connectivity index (χ0n) is 11.8. The third-order valence-corrected chi connectivity index (χ3v) is 5.13. The lowest BCUT2D eigenvalue weighted by molar-refractivity contribution is -0.136. The van der Waals surface area contributed by atoms with Crippen LogP contribution in [0.3, 0.4) is 0 Å². The molecule has 0 radical (unpaired) electrons. The minimum absolute atomic E-state index is 0.142. The van der Waals surface area contributed by atoms with E-state index in [9.17, 15) is 4.79 Å². The van der Waals surface area contributed by atoms with Gasteiger partial charge in [-0.05, 0) is 30.7 Å². The molecule has 1 atom stereocenters. The van der Waals surface area contributed by atoms with Crippen molar-refractivity contribution in [2.24, 2.45) is 0 Å². The van der Waals surface area contributed by atoms with E-state index in [4.69, 9.17) is 0 Å². The van der Waals surface area contributed by atoms with Gasteiger partial charge in [-0.3, -0.25) is 4.79 Å². The Hall–Kier alpha value is -1.42. The smallest absolute Gasteiger partial charge is 0.224 e. The van der Waals surface area contributed by atoms with Crippen molar-refractivity contribution in [2.75, 3.05) is 6.54 Å². The average molecular weight is 288 g/mol. The number of benzene rings is 1. The molecule has 1 aromatic carbocycles. The number of likely N-dealkylation sites (tertiary alicyclic amines) is 1. The van der Waals surface area contributed by atoms with Crippen LogP contribution in [-0.4, -0.2) is 27.7 Å². The van der Waals surface area contributed by atoms with E-state index in [1.807, 2.05) is 11.0 Å². The molecule has 0 aliphatic carbocycles. The summed E-state index contributed by atoms with van der Waals surface area (Å²) in [5.41, 5.74) is 2.68. The van der Waals surface area contributed by atoms with Gasteiger partial charge < -0.3 is 9.80 Å². The summed E-state index contributed by atoms with van der Waals surface area (Å²) in [5, 5.41) is 2.18. The summed E-state index contributed by atoms with van der Waals surface area (Å²) in [6.45, 7) is 3.89. The van der Waals surface area contributed by atoms with Crippen LogP contribution in [0.2, 0.25) is 0 Å². The third kappa shape index (κ3) is 2.70. The lowest BCUT2D eigenvalue weighted by atomic mass is 10.1. The summed E-state index contributed by atoms with van der Waals surface area (Å²) in [6.07, 6.45) is 2.87. The fraction of sp³-hybridized carbons (Fsp3) is 0.438. The van der Waals surface area contributed by atoms with Crippen molar-refractivity contribution in [3.8, 4) is 0 Å². The predicted molar refractivity (Wildman–Crippen MR) is 82.7 cm³/mol. The first-order valence-electron chi connectivity index (χ1n) is 7.18. The van der Waals surface area contributed by atoms with E-state index in [-0.39, 0.29) is 5.50 Å². The molecule has 20 heavy (non-hydrogen) atoms. The van der Waals surface area contributed by atoms with Crippen molar-refractivity contribution in [3.63, 3.8) is 0 Å². The first-order chi connectivity index (χ1) is 9.75. The SMILES string of the molecule is CC1=CSC(N2CCCCC2=O)N1Cc1ccccc1. The highest BCUT2D eigenvalue weighted by molar-refractivity contribution is 8.02. The van der Waals surface area contributed by atoms with Crippen LogP contribution in [0, 0.1) is 0 Å². The average Bonchev–Trinajstić information content (AvgIpc) is 2.82. The number of carbonyl (C=O) groups is 1. The van der Waals surface area contributed by atoms with Crippen molar-refractivity contribution in [1.82, 2.24) is 9.80 Å². The van der Waals surface area contributed by atoms with Crippen molar-refractivity contribution in [1.29, 1.82) is 0 Å². The summed E-state index contributed by atoms with van der Waals surface area (Å²) >= 11 is 1.76. The van der Waals surface area contributed by atoms with Gasteiger partial charge in [-0.15, -0.1) is 0 Å². The van der Waals surface area contributed by atoms with Crippen molar-refractivity contribution in [3.05, 3.63) is 47.0 Å². The van der Waals surface area contributed by atoms with Crippen LogP contribution in [0.15, 0.2) is 41.4 Å². The molecule has 0 aromatic heterocycles. The van der Waals surface area contributed by atoms with Gasteiger partial charge in [0.15, 0.2) is 5.50 Å². The van der Waals surface area contributed by atoms with E-state index < -0.39 is 0 Å². The van der Waals surface area contributed by atoms with E-state index in [2.05, 4.69) is 41.5 Å². The molecule has 0 bridgehead atoms. The maximum atomic E-state index is 12.1. The van der Waals surface area contributed by atoms with E-state index in [0.29, 0.717) is 12.3 Å². The molecule has 1 amide bonds. The minimum atomic E-state index is 0.142. The van der Waals surface area contributed by atoms with Crippen LogP contribution in [0.25, 0.3) is 0 Å². The van der Waals surface area contributed by atoms with E-state index in [0.717, 1.165) is 25.9 Å². The number of allylic oxidation sites excluding steroid dienone is 1. The Morgan fingerprint density at radius 3 is 2.80 bits per heavy atom. The van der Waals surface area contributed by atoms with Crippen molar-refractivity contribution in [2.45, 2.75) is 38.2 Å². The number of nitrogens with zero attached hydrogens (tertiary/aromatic N) is 2. The van der Waals surface area contributed by atoms with Crippen molar-refractivity contribution >= 4 is 17.7 Å². The number of hydrogen-bond acceptors (Lipinski definition) is 3. The fourth-order valence-electron chi connectivity index (χ4n) is 2.76. The van der Waals surface area contributed by atoms with Gasteiger partial charge in [-0.25, -0.2) is 0 Å². The Labute approximate surface area is 124 Å². The van der Waals surface area contributed by atoms with Gasteiger partial charge >= 0.3 is 0 Å². The molecule has 3 nitrogen and oxygen atoms in total. The first kappa shape index (κ1) is 13.6. The molecule has 3 rings (SSSR count). The Balaban J connectivity index is 1.76. The van der Waals surface area contributed by atoms with Crippen LogP contribution in [-0.2, 0) is 11.3 Å². The Kier molecular flexibility index (Phi) is 4.01. The predicted octanol–water partition coefficient (Wildman–Crippen LogP) is 3.39. The summed E-state index contributed by atoms with van der Waals surface area (Å²) in [5.74, 6) is 0.301. The molecule has 0 spiro atoms. The largest absolute Gasteiger partial charge is 0.341 e. The lowest BCUT2D eigenvalue weighted by Crippen LogP contribution is -2.48. The fourth-order valence-corrected chi connectivity index (χ4v) is 3.97. The van der Waals surface area contributed by atoms with Gasteiger partial charge in [0.2, 0.25) is 5.91 Å². The summed E-state index contributed by atoms with van der Waals surface area (Å²) in [4.78, 5) is 16.5. The standard InChI is InChI=1S/C16H20N2OS/c1-13-12-20-16(17-10-6-5-9-15(17)19)18(13)11-14-7-3-2-4-8-14/h2-4,7-8,12,16H,5-6,9-11H2,1H3. The second kappa shape index (κ2) is 5.92. The Morgan fingerprint density at radius 2 is 2.05 bits per heavy atom. The monoisotopic (exact) mass is 288 g/mol. The Bertz CT molecular complexity index is 514. The molecule has 106 valence electrons. The lowest BCUT2D eigenvalue weighted by Gasteiger charge is -2.38. The molecule has 1 saturated heterocycles. The van der Waals surface area contributed by atoms with Crippen LogP contribution in [0.4, 0.5) is 0 Å². The van der Waals surface area contributed by atoms with Crippen LogP contribution < -0.4 is 0 Å². The first-order valence-corrected chi connectivity index (χ1v) is 8.12. The Morgan fingerprint density at radius 1 is 1.25 bits per heavy atom. The van der Waals surface area contributed by atoms with Gasteiger partial charge in [0.25, 0.3) is 0 Å². The molecule has 4 heteroatoms. The molecule has 1 fully saturated rings. The van der Waals surface area contributed by atoms with Gasteiger partial charge in [0.05, 0.1) is 0 Å². The summed E-state index contributed by atoms with van der Waals surface area (Å²) < 4.78 is 0. The number of rotatable bonds is 3. The highest BCUT2D eigenvalue weighted by atomic mass is 32.2. The molecule has 0 N–H and O–H groups in total. The molecule has 2 aliphatic rings. The van der Waals surface area contributed by atoms with E-state index in [1.54, 1.807) is 11.8 Å². The zero-order chi connectivity index (χ0) is 13.9. The van der Waals surface area contributed by atoms with Gasteiger partial charge in [-0.2, -0.15) is 0 Å². The van der Waals surface area contributed by atoms with E-state index >= 15 is 0 Å². The zero-order valence-corrected chi connectivity index (χ0v) is 12.6. The topological polar surface area (TPSA) is 23.6 Å². The molecular weight excluding hydrogens is 268 g/mol. The molecular formula is C16H20N2OS. The van der Waals surface area contributed by atoms with Crippen LogP contribution in [0.1, 0.15) is 31.7 Å². The number of amides is 1. The maximum absolute atomic E-state index is 12.1. The van der Waals surface area contributed by atoms with Crippen LogP contribution in [0.5, 0.6) is 0 Å². The molecule has 1 aromatic rings. The number of hydrogen-bond donors (Lipinski definition) is 0. The summed E-state index contributed by atoms with van der Waals surface area (Å²) in [7, 11) is 0. The summed E-state index contributed by atoms with van der Waals surface area (Å²) in [6, 6.07) is 10.5. The number of thioether (sulfide) groups is 1. The van der Waals surface area contributed by atoms with Gasteiger partial charge in [-0.1, -0.05) is 42.1 Å². The number of carbonyl (C=O) groups excluding carboxylic acids is 1. The highest BCUT2D eigenvalue weighted by Gasteiger charge is 2.33. The van der Waals surface area contributed by atoms with Crippen LogP contribution >= 0.6 is 11.8 Å². The highest BCUT2D eigenvalue weighted by Crippen LogP contribution is 2.35. The molecule has 1 unspecified atom stereocenters. The van der Waals surface area contributed by atoms with Crippen molar-refractivity contribution < 1.29 is 4.79 Å². The quantitative estimate of drug-likeness (QED) is 0.852. The third-order valence-electron chi connectivity index (χ3n) is 3.90. The van der Waals surface area contributed by atoms with E-state index in [1.165, 1.54) is 11.3 Å².